The van der Waals surface area contributed by atoms with E-state index in [4.69, 9.17) is 9.63 Å². The number of hydrogen-bond acceptors (Lipinski definition) is 5. The summed E-state index contributed by atoms with van der Waals surface area (Å²) in [6.07, 6.45) is 1.29. The molecule has 0 fully saturated rings. The maximum atomic E-state index is 11.2. The molecule has 0 aromatic carbocycles. The lowest BCUT2D eigenvalue weighted by Gasteiger charge is -2.03. The SMILES string of the molecule is CCCNC(=O)CCNCc1cc(C(=O)O)no1. The van der Waals surface area contributed by atoms with Crippen LogP contribution in [0.15, 0.2) is 10.6 Å². The lowest BCUT2D eigenvalue weighted by Crippen LogP contribution is -2.27. The van der Waals surface area contributed by atoms with Crippen molar-refractivity contribution in [1.29, 1.82) is 0 Å². The molecular formula is C11H17N3O4. The quantitative estimate of drug-likeness (QED) is 0.580. The Hall–Kier alpha value is -1.89. The molecule has 1 amide bonds. The van der Waals surface area contributed by atoms with Gasteiger partial charge in [-0.1, -0.05) is 12.1 Å². The zero-order chi connectivity index (χ0) is 13.4. The van der Waals surface area contributed by atoms with Crippen molar-refractivity contribution in [3.05, 3.63) is 17.5 Å². The van der Waals surface area contributed by atoms with E-state index in [-0.39, 0.29) is 11.6 Å². The number of amides is 1. The van der Waals surface area contributed by atoms with Gasteiger partial charge in [0.2, 0.25) is 5.91 Å². The van der Waals surface area contributed by atoms with Gasteiger partial charge < -0.3 is 20.3 Å². The summed E-state index contributed by atoms with van der Waals surface area (Å²) in [6.45, 7) is 3.52. The molecule has 0 bridgehead atoms. The van der Waals surface area contributed by atoms with Crippen molar-refractivity contribution in [2.45, 2.75) is 26.3 Å². The minimum atomic E-state index is -1.12. The van der Waals surface area contributed by atoms with E-state index in [1.165, 1.54) is 6.07 Å². The maximum absolute atomic E-state index is 11.2. The smallest absolute Gasteiger partial charge is 0.358 e. The topological polar surface area (TPSA) is 104 Å². The Bertz CT molecular complexity index is 403. The van der Waals surface area contributed by atoms with Crippen LogP contribution in [0.1, 0.15) is 36.0 Å². The number of carboxylic acids is 1. The number of carbonyl (C=O) groups excluding carboxylic acids is 1. The first-order valence-electron chi connectivity index (χ1n) is 5.79. The average molecular weight is 255 g/mol. The summed E-state index contributed by atoms with van der Waals surface area (Å²) in [5.41, 5.74) is -0.118. The van der Waals surface area contributed by atoms with Crippen LogP contribution in [0.2, 0.25) is 0 Å². The predicted molar refractivity (Wildman–Crippen MR) is 63.1 cm³/mol. The second kappa shape index (κ2) is 7.44. The first kappa shape index (κ1) is 14.2. The van der Waals surface area contributed by atoms with Crippen LogP contribution < -0.4 is 10.6 Å². The molecule has 1 aromatic rings. The van der Waals surface area contributed by atoms with Crippen LogP contribution in [-0.2, 0) is 11.3 Å². The van der Waals surface area contributed by atoms with Crippen LogP contribution in [0.3, 0.4) is 0 Å². The zero-order valence-corrected chi connectivity index (χ0v) is 10.2. The van der Waals surface area contributed by atoms with Gasteiger partial charge in [-0.05, 0) is 6.42 Å². The van der Waals surface area contributed by atoms with E-state index in [9.17, 15) is 9.59 Å². The minimum Gasteiger partial charge on any atom is -0.476 e. The van der Waals surface area contributed by atoms with Crippen LogP contribution >= 0.6 is 0 Å². The number of carbonyl (C=O) groups is 2. The Balaban J connectivity index is 2.17. The van der Waals surface area contributed by atoms with Crippen LogP contribution in [0, 0.1) is 0 Å². The Morgan fingerprint density at radius 3 is 2.83 bits per heavy atom. The Morgan fingerprint density at radius 1 is 1.44 bits per heavy atom. The van der Waals surface area contributed by atoms with E-state index in [0.717, 1.165) is 6.42 Å². The van der Waals surface area contributed by atoms with Gasteiger partial charge in [-0.2, -0.15) is 0 Å². The summed E-state index contributed by atoms with van der Waals surface area (Å²) >= 11 is 0. The first-order chi connectivity index (χ1) is 8.63. The molecule has 1 heterocycles. The van der Waals surface area contributed by atoms with Crippen LogP contribution in [0.4, 0.5) is 0 Å². The summed E-state index contributed by atoms with van der Waals surface area (Å²) in [4.78, 5) is 21.8. The molecule has 18 heavy (non-hydrogen) atoms. The van der Waals surface area contributed by atoms with Crippen molar-refractivity contribution in [2.75, 3.05) is 13.1 Å². The van der Waals surface area contributed by atoms with Gasteiger partial charge in [0.25, 0.3) is 0 Å². The highest BCUT2D eigenvalue weighted by Gasteiger charge is 2.10. The maximum Gasteiger partial charge on any atom is 0.358 e. The molecule has 0 atom stereocenters. The number of aromatic carboxylic acids is 1. The number of aromatic nitrogens is 1. The fourth-order valence-corrected chi connectivity index (χ4v) is 1.26. The van der Waals surface area contributed by atoms with Gasteiger partial charge in [-0.15, -0.1) is 0 Å². The molecule has 0 aliphatic heterocycles. The van der Waals surface area contributed by atoms with Crippen LogP contribution in [0.25, 0.3) is 0 Å². The Labute approximate surface area is 105 Å². The number of rotatable bonds is 8. The molecular weight excluding hydrogens is 238 g/mol. The molecule has 3 N–H and O–H groups in total. The lowest BCUT2D eigenvalue weighted by molar-refractivity contribution is -0.121. The number of hydrogen-bond donors (Lipinski definition) is 3. The third-order valence-electron chi connectivity index (χ3n) is 2.18. The third-order valence-corrected chi connectivity index (χ3v) is 2.18. The van der Waals surface area contributed by atoms with Gasteiger partial charge in [0.1, 0.15) is 0 Å². The number of carboxylic acid groups (broad SMARTS) is 1. The zero-order valence-electron chi connectivity index (χ0n) is 10.2. The minimum absolute atomic E-state index is 0.00635. The van der Waals surface area contributed by atoms with E-state index in [1.807, 2.05) is 6.92 Å². The van der Waals surface area contributed by atoms with Crippen LogP contribution in [0.5, 0.6) is 0 Å². The predicted octanol–water partition coefficient (Wildman–Crippen LogP) is 0.379. The van der Waals surface area contributed by atoms with Crippen molar-refractivity contribution >= 4 is 11.9 Å². The average Bonchev–Trinajstić information content (AvgIpc) is 2.81. The number of nitrogens with one attached hydrogen (secondary N) is 2. The number of nitrogens with zero attached hydrogens (tertiary/aromatic N) is 1. The molecule has 0 aliphatic carbocycles. The summed E-state index contributed by atoms with van der Waals surface area (Å²) in [5.74, 6) is -0.696. The highest BCUT2D eigenvalue weighted by atomic mass is 16.5. The first-order valence-corrected chi connectivity index (χ1v) is 5.79. The Morgan fingerprint density at radius 2 is 2.22 bits per heavy atom. The van der Waals surface area contributed by atoms with E-state index in [2.05, 4.69) is 15.8 Å². The molecule has 0 saturated heterocycles. The van der Waals surface area contributed by atoms with E-state index >= 15 is 0 Å². The molecule has 1 aromatic heterocycles. The van der Waals surface area contributed by atoms with Gasteiger partial charge in [0.15, 0.2) is 11.5 Å². The van der Waals surface area contributed by atoms with E-state index < -0.39 is 5.97 Å². The highest BCUT2D eigenvalue weighted by Crippen LogP contribution is 2.02. The second-order valence-electron chi connectivity index (χ2n) is 3.76. The molecule has 100 valence electrons. The summed E-state index contributed by atoms with van der Waals surface area (Å²) < 4.78 is 4.80. The van der Waals surface area contributed by atoms with Crippen molar-refractivity contribution in [3.8, 4) is 0 Å². The molecule has 1 rings (SSSR count). The molecule has 0 saturated carbocycles. The largest absolute Gasteiger partial charge is 0.476 e. The summed E-state index contributed by atoms with van der Waals surface area (Å²) in [6, 6.07) is 1.35. The fourth-order valence-electron chi connectivity index (χ4n) is 1.26. The normalized spacial score (nSPS) is 10.3. The molecule has 0 unspecified atom stereocenters. The molecule has 7 nitrogen and oxygen atoms in total. The fraction of sp³-hybridized carbons (Fsp3) is 0.545. The second-order valence-corrected chi connectivity index (χ2v) is 3.76. The summed E-state index contributed by atoms with van der Waals surface area (Å²) in [5, 5.41) is 17.7. The van der Waals surface area contributed by atoms with Gasteiger partial charge in [0, 0.05) is 25.6 Å². The van der Waals surface area contributed by atoms with Crippen molar-refractivity contribution in [2.24, 2.45) is 0 Å². The van der Waals surface area contributed by atoms with Gasteiger partial charge >= 0.3 is 5.97 Å². The van der Waals surface area contributed by atoms with E-state index in [1.54, 1.807) is 0 Å². The lowest BCUT2D eigenvalue weighted by atomic mass is 10.3. The van der Waals surface area contributed by atoms with Crippen molar-refractivity contribution in [1.82, 2.24) is 15.8 Å². The van der Waals surface area contributed by atoms with Gasteiger partial charge in [0.05, 0.1) is 6.54 Å². The standard InChI is InChI=1S/C11H17N3O4/c1-2-4-13-10(15)3-5-12-7-8-6-9(11(16)17)14-18-8/h6,12H,2-5,7H2,1H3,(H,13,15)(H,16,17). The molecule has 0 radical (unpaired) electrons. The third kappa shape index (κ3) is 4.96. The summed E-state index contributed by atoms with van der Waals surface area (Å²) in [7, 11) is 0. The van der Waals surface area contributed by atoms with E-state index in [0.29, 0.717) is 31.8 Å². The van der Waals surface area contributed by atoms with Gasteiger partial charge in [-0.25, -0.2) is 4.79 Å². The molecule has 7 heteroatoms. The highest BCUT2D eigenvalue weighted by molar-refractivity contribution is 5.85. The van der Waals surface area contributed by atoms with Crippen molar-refractivity contribution in [3.63, 3.8) is 0 Å². The molecule has 0 spiro atoms. The van der Waals surface area contributed by atoms with Crippen LogP contribution in [-0.4, -0.2) is 35.2 Å². The van der Waals surface area contributed by atoms with Crippen molar-refractivity contribution < 1.29 is 19.2 Å². The monoisotopic (exact) mass is 255 g/mol. The van der Waals surface area contributed by atoms with Gasteiger partial charge in [-0.3, -0.25) is 4.79 Å². The molecule has 0 aliphatic rings. The Kier molecular flexibility index (Phi) is 5.86.